The highest BCUT2D eigenvalue weighted by atomic mass is 79.9. The minimum atomic E-state index is -0.111. The fourth-order valence-electron chi connectivity index (χ4n) is 2.85. The van der Waals surface area contributed by atoms with Crippen LogP contribution in [0.2, 0.25) is 0 Å². The Kier molecular flexibility index (Phi) is 5.60. The molecule has 2 unspecified atom stereocenters. The highest BCUT2D eigenvalue weighted by molar-refractivity contribution is 9.10. The van der Waals surface area contributed by atoms with Crippen molar-refractivity contribution in [1.29, 1.82) is 0 Å². The molecule has 20 heavy (non-hydrogen) atoms. The Balaban J connectivity index is 2.03. The third-order valence-corrected chi connectivity index (χ3v) is 4.91. The van der Waals surface area contributed by atoms with E-state index < -0.39 is 0 Å². The summed E-state index contributed by atoms with van der Waals surface area (Å²) in [6.45, 7) is 3.49. The standard InChI is InChI=1S/C14H22BrN3O2/c1-2-18-14(20)13(15)12(8-17-18)16-7-10-5-3-4-6-11(10)9-19/h8,10-11,16,19H,2-7,9H2,1H3. The molecule has 1 saturated carbocycles. The normalized spacial score (nSPS) is 22.8. The lowest BCUT2D eigenvalue weighted by atomic mass is 9.79. The molecule has 1 aromatic rings. The molecule has 0 radical (unpaired) electrons. The summed E-state index contributed by atoms with van der Waals surface area (Å²) in [6, 6.07) is 0. The third kappa shape index (κ3) is 3.41. The van der Waals surface area contributed by atoms with Crippen LogP contribution in [0.4, 0.5) is 5.69 Å². The van der Waals surface area contributed by atoms with Crippen molar-refractivity contribution >= 4 is 21.6 Å². The van der Waals surface area contributed by atoms with Gasteiger partial charge in [0.05, 0.1) is 11.9 Å². The van der Waals surface area contributed by atoms with Gasteiger partial charge in [-0.15, -0.1) is 0 Å². The zero-order valence-corrected chi connectivity index (χ0v) is 13.4. The predicted molar refractivity (Wildman–Crippen MR) is 82.9 cm³/mol. The third-order valence-electron chi connectivity index (χ3n) is 4.14. The number of hydrogen-bond donors (Lipinski definition) is 2. The lowest BCUT2D eigenvalue weighted by Crippen LogP contribution is -2.30. The van der Waals surface area contributed by atoms with Gasteiger partial charge < -0.3 is 10.4 Å². The number of nitrogens with one attached hydrogen (secondary N) is 1. The van der Waals surface area contributed by atoms with Crippen LogP contribution in [0.25, 0.3) is 0 Å². The molecule has 1 fully saturated rings. The SMILES string of the molecule is CCn1ncc(NCC2CCCCC2CO)c(Br)c1=O. The molecule has 1 aliphatic rings. The summed E-state index contributed by atoms with van der Waals surface area (Å²) in [7, 11) is 0. The van der Waals surface area contributed by atoms with Crippen LogP contribution < -0.4 is 10.9 Å². The molecule has 0 spiro atoms. The van der Waals surface area contributed by atoms with E-state index in [9.17, 15) is 9.90 Å². The fourth-order valence-corrected chi connectivity index (χ4v) is 3.30. The largest absolute Gasteiger partial charge is 0.396 e. The van der Waals surface area contributed by atoms with E-state index in [-0.39, 0.29) is 12.2 Å². The van der Waals surface area contributed by atoms with E-state index in [1.165, 1.54) is 17.5 Å². The fraction of sp³-hybridized carbons (Fsp3) is 0.714. The smallest absolute Gasteiger partial charge is 0.283 e. The molecule has 6 heteroatoms. The van der Waals surface area contributed by atoms with Crippen molar-refractivity contribution in [3.63, 3.8) is 0 Å². The number of aliphatic hydroxyl groups excluding tert-OH is 1. The number of rotatable bonds is 5. The van der Waals surface area contributed by atoms with Crippen LogP contribution in [0, 0.1) is 11.8 Å². The highest BCUT2D eigenvalue weighted by Crippen LogP contribution is 2.30. The van der Waals surface area contributed by atoms with Gasteiger partial charge in [-0.25, -0.2) is 4.68 Å². The maximum Gasteiger partial charge on any atom is 0.283 e. The zero-order valence-electron chi connectivity index (χ0n) is 11.8. The zero-order chi connectivity index (χ0) is 14.5. The van der Waals surface area contributed by atoms with Crippen molar-refractivity contribution in [2.24, 2.45) is 11.8 Å². The molecule has 5 nitrogen and oxygen atoms in total. The van der Waals surface area contributed by atoms with Crippen molar-refractivity contribution in [3.8, 4) is 0 Å². The Hall–Kier alpha value is -0.880. The van der Waals surface area contributed by atoms with E-state index in [1.54, 1.807) is 6.20 Å². The van der Waals surface area contributed by atoms with Gasteiger partial charge in [0.2, 0.25) is 0 Å². The number of anilines is 1. The van der Waals surface area contributed by atoms with Gasteiger partial charge in [-0.2, -0.15) is 5.10 Å². The van der Waals surface area contributed by atoms with Gasteiger partial charge in [-0.3, -0.25) is 4.79 Å². The summed E-state index contributed by atoms with van der Waals surface area (Å²) in [4.78, 5) is 12.0. The summed E-state index contributed by atoms with van der Waals surface area (Å²) >= 11 is 3.34. The van der Waals surface area contributed by atoms with Gasteiger partial charge in [-0.1, -0.05) is 12.8 Å². The Morgan fingerprint density at radius 2 is 2.15 bits per heavy atom. The van der Waals surface area contributed by atoms with Gasteiger partial charge in [0, 0.05) is 19.7 Å². The van der Waals surface area contributed by atoms with Crippen LogP contribution in [0.15, 0.2) is 15.5 Å². The van der Waals surface area contributed by atoms with Crippen LogP contribution in [0.3, 0.4) is 0 Å². The Bertz CT molecular complexity index is 504. The van der Waals surface area contributed by atoms with Crippen LogP contribution in [-0.4, -0.2) is 28.0 Å². The number of nitrogens with zero attached hydrogens (tertiary/aromatic N) is 2. The van der Waals surface area contributed by atoms with Crippen molar-refractivity contribution in [1.82, 2.24) is 9.78 Å². The summed E-state index contributed by atoms with van der Waals surface area (Å²) in [6.07, 6.45) is 6.35. The number of halogens is 1. The molecule has 2 N–H and O–H groups in total. The van der Waals surface area contributed by atoms with E-state index in [1.807, 2.05) is 6.92 Å². The van der Waals surface area contributed by atoms with E-state index in [0.717, 1.165) is 25.1 Å². The number of aryl methyl sites for hydroxylation is 1. The summed E-state index contributed by atoms with van der Waals surface area (Å²) in [5.41, 5.74) is 0.627. The monoisotopic (exact) mass is 343 g/mol. The van der Waals surface area contributed by atoms with Gasteiger partial charge in [0.1, 0.15) is 4.47 Å². The number of hydrogen-bond acceptors (Lipinski definition) is 4. The molecule has 1 heterocycles. The molecule has 0 saturated heterocycles. The Morgan fingerprint density at radius 3 is 2.80 bits per heavy atom. The lowest BCUT2D eigenvalue weighted by Gasteiger charge is -2.30. The second kappa shape index (κ2) is 7.22. The minimum Gasteiger partial charge on any atom is -0.396 e. The van der Waals surface area contributed by atoms with Crippen LogP contribution in [0.1, 0.15) is 32.6 Å². The van der Waals surface area contributed by atoms with Crippen LogP contribution >= 0.6 is 15.9 Å². The molecule has 1 aromatic heterocycles. The first-order valence-electron chi connectivity index (χ1n) is 7.27. The second-order valence-corrected chi connectivity index (χ2v) is 6.15. The summed E-state index contributed by atoms with van der Waals surface area (Å²) in [5.74, 6) is 0.841. The first-order valence-corrected chi connectivity index (χ1v) is 8.07. The van der Waals surface area contributed by atoms with E-state index in [2.05, 4.69) is 26.3 Å². The van der Waals surface area contributed by atoms with Crippen molar-refractivity contribution in [3.05, 3.63) is 21.0 Å². The number of aromatic nitrogens is 2. The van der Waals surface area contributed by atoms with Crippen LogP contribution in [-0.2, 0) is 6.54 Å². The minimum absolute atomic E-state index is 0.111. The van der Waals surface area contributed by atoms with E-state index in [0.29, 0.717) is 22.9 Å². The molecule has 2 rings (SSSR count). The van der Waals surface area contributed by atoms with E-state index in [4.69, 9.17) is 0 Å². The van der Waals surface area contributed by atoms with Crippen molar-refractivity contribution in [2.75, 3.05) is 18.5 Å². The van der Waals surface area contributed by atoms with E-state index >= 15 is 0 Å². The summed E-state index contributed by atoms with van der Waals surface area (Å²) in [5, 5.41) is 16.9. The number of aliphatic hydroxyl groups is 1. The lowest BCUT2D eigenvalue weighted by molar-refractivity contribution is 0.141. The second-order valence-electron chi connectivity index (χ2n) is 5.36. The molecule has 0 aromatic carbocycles. The first-order chi connectivity index (χ1) is 9.67. The van der Waals surface area contributed by atoms with Gasteiger partial charge in [0.25, 0.3) is 5.56 Å². The predicted octanol–water partition coefficient (Wildman–Crippen LogP) is 2.24. The molecule has 1 aliphatic carbocycles. The average Bonchev–Trinajstić information content (AvgIpc) is 2.49. The average molecular weight is 344 g/mol. The Labute approximate surface area is 127 Å². The molecule has 2 atom stereocenters. The molecule has 112 valence electrons. The Morgan fingerprint density at radius 1 is 1.45 bits per heavy atom. The first kappa shape index (κ1) is 15.5. The van der Waals surface area contributed by atoms with Crippen LogP contribution in [0.5, 0.6) is 0 Å². The van der Waals surface area contributed by atoms with Crippen molar-refractivity contribution < 1.29 is 5.11 Å². The molecular weight excluding hydrogens is 322 g/mol. The highest BCUT2D eigenvalue weighted by Gasteiger charge is 2.24. The topological polar surface area (TPSA) is 67.2 Å². The quantitative estimate of drug-likeness (QED) is 0.860. The van der Waals surface area contributed by atoms with Gasteiger partial charge >= 0.3 is 0 Å². The maximum atomic E-state index is 12.0. The molecule has 0 amide bonds. The molecule has 0 bridgehead atoms. The van der Waals surface area contributed by atoms with Gasteiger partial charge in [0.15, 0.2) is 0 Å². The molecular formula is C14H22BrN3O2. The molecule has 0 aliphatic heterocycles. The van der Waals surface area contributed by atoms with Crippen molar-refractivity contribution in [2.45, 2.75) is 39.2 Å². The summed E-state index contributed by atoms with van der Waals surface area (Å²) < 4.78 is 1.96. The van der Waals surface area contributed by atoms with Gasteiger partial charge in [-0.05, 0) is 47.5 Å². The maximum absolute atomic E-state index is 12.0.